The van der Waals surface area contributed by atoms with Gasteiger partial charge in [0.1, 0.15) is 18.1 Å². The van der Waals surface area contributed by atoms with Gasteiger partial charge in [-0.3, -0.25) is 19.2 Å². The Labute approximate surface area is 187 Å². The predicted molar refractivity (Wildman–Crippen MR) is 117 cm³/mol. The Hall–Kier alpha value is -2.77. The highest BCUT2D eigenvalue weighted by molar-refractivity contribution is 5.95. The summed E-state index contributed by atoms with van der Waals surface area (Å²) in [6.45, 7) is 2.24. The molecule has 0 aliphatic heterocycles. The van der Waals surface area contributed by atoms with Gasteiger partial charge in [-0.25, -0.2) is 4.79 Å². The van der Waals surface area contributed by atoms with E-state index in [9.17, 15) is 29.1 Å². The molecule has 0 aliphatic carbocycles. The van der Waals surface area contributed by atoms with Gasteiger partial charge in [0, 0.05) is 0 Å². The summed E-state index contributed by atoms with van der Waals surface area (Å²) < 4.78 is 0. The number of aliphatic carboxylic acids is 1. The van der Waals surface area contributed by atoms with Crippen molar-refractivity contribution in [3.05, 3.63) is 0 Å². The second kappa shape index (κ2) is 15.9. The number of hydrogen-bond donors (Lipinski definition) is 8. The van der Waals surface area contributed by atoms with Crippen LogP contribution in [0.1, 0.15) is 51.9 Å². The lowest BCUT2D eigenvalue weighted by atomic mass is 10.1. The molecule has 0 aromatic heterocycles. The van der Waals surface area contributed by atoms with Gasteiger partial charge in [0.15, 0.2) is 0 Å². The van der Waals surface area contributed by atoms with Crippen molar-refractivity contribution in [1.82, 2.24) is 16.0 Å². The molecule has 0 aliphatic rings. The Morgan fingerprint density at radius 3 is 1.81 bits per heavy atom. The highest BCUT2D eigenvalue weighted by atomic mass is 16.4. The van der Waals surface area contributed by atoms with E-state index in [4.69, 9.17) is 22.9 Å². The Balaban J connectivity index is 4.99. The summed E-state index contributed by atoms with van der Waals surface area (Å²) in [5.41, 5.74) is 21.7. The molecule has 0 radical (unpaired) electrons. The lowest BCUT2D eigenvalue weighted by Crippen LogP contribution is -2.57. The summed E-state index contributed by atoms with van der Waals surface area (Å²) in [7, 11) is 0. The zero-order chi connectivity index (χ0) is 24.7. The van der Waals surface area contributed by atoms with E-state index in [1.54, 1.807) is 0 Å². The van der Waals surface area contributed by atoms with Crippen molar-refractivity contribution >= 4 is 29.6 Å². The quantitative estimate of drug-likeness (QED) is 0.103. The van der Waals surface area contributed by atoms with Crippen LogP contribution in [0.5, 0.6) is 0 Å². The van der Waals surface area contributed by atoms with Crippen LogP contribution in [0.4, 0.5) is 0 Å². The summed E-state index contributed by atoms with van der Waals surface area (Å²) in [6, 6.07) is -4.52. The SMILES string of the molecule is CC(NC(=O)C(N)CCCCN)C(=O)NC(CC(N)=O)C(=O)NC(CCCCN)C(=O)O. The molecule has 0 saturated carbocycles. The van der Waals surface area contributed by atoms with Gasteiger partial charge in [0.2, 0.25) is 23.6 Å². The standard InChI is InChI=1S/C19H37N7O6/c1-11(24-17(29)12(22)6-2-4-8-20)16(28)26-14(10-15(23)27)18(30)25-13(19(31)32)7-3-5-9-21/h11-14H,2-10,20-22H2,1H3,(H2,23,27)(H,24,29)(H,25,30)(H,26,28)(H,31,32). The fourth-order valence-corrected chi connectivity index (χ4v) is 2.76. The van der Waals surface area contributed by atoms with Gasteiger partial charge >= 0.3 is 5.97 Å². The van der Waals surface area contributed by atoms with Crippen molar-refractivity contribution in [2.45, 2.75) is 76.0 Å². The third kappa shape index (κ3) is 12.2. The minimum absolute atomic E-state index is 0.129. The molecule has 12 N–H and O–H groups in total. The van der Waals surface area contributed by atoms with Gasteiger partial charge in [-0.05, 0) is 52.1 Å². The molecule has 4 amide bonds. The first-order chi connectivity index (χ1) is 15.0. The van der Waals surface area contributed by atoms with E-state index in [0.717, 1.165) is 0 Å². The molecular formula is C19H37N7O6. The molecule has 0 aromatic rings. The van der Waals surface area contributed by atoms with E-state index >= 15 is 0 Å². The van der Waals surface area contributed by atoms with Crippen LogP contribution < -0.4 is 38.9 Å². The molecular weight excluding hydrogens is 422 g/mol. The maximum Gasteiger partial charge on any atom is 0.326 e. The monoisotopic (exact) mass is 459 g/mol. The van der Waals surface area contributed by atoms with Crippen LogP contribution in [0.15, 0.2) is 0 Å². The zero-order valence-corrected chi connectivity index (χ0v) is 18.5. The Morgan fingerprint density at radius 1 is 0.781 bits per heavy atom. The number of carbonyl (C=O) groups excluding carboxylic acids is 4. The van der Waals surface area contributed by atoms with Gasteiger partial charge in [0.05, 0.1) is 12.5 Å². The van der Waals surface area contributed by atoms with Crippen LogP contribution in [-0.4, -0.2) is 72.0 Å². The molecule has 13 nitrogen and oxygen atoms in total. The predicted octanol–water partition coefficient (Wildman–Crippen LogP) is -2.99. The molecule has 4 atom stereocenters. The number of nitrogens with one attached hydrogen (secondary N) is 3. The molecule has 4 unspecified atom stereocenters. The minimum atomic E-state index is -1.41. The number of primary amides is 1. The highest BCUT2D eigenvalue weighted by Gasteiger charge is 2.29. The first-order valence-electron chi connectivity index (χ1n) is 10.6. The molecule has 0 rings (SSSR count). The molecule has 13 heteroatoms. The summed E-state index contributed by atoms with van der Waals surface area (Å²) in [5.74, 6) is -4.33. The topological polar surface area (TPSA) is 246 Å². The molecule has 0 spiro atoms. The van der Waals surface area contributed by atoms with E-state index in [1.165, 1.54) is 6.92 Å². The largest absolute Gasteiger partial charge is 0.480 e. The van der Waals surface area contributed by atoms with Crippen LogP contribution in [0, 0.1) is 0 Å². The maximum atomic E-state index is 12.5. The van der Waals surface area contributed by atoms with Crippen LogP contribution in [0.3, 0.4) is 0 Å². The van der Waals surface area contributed by atoms with Gasteiger partial charge in [-0.15, -0.1) is 0 Å². The van der Waals surface area contributed by atoms with E-state index in [0.29, 0.717) is 45.2 Å². The summed E-state index contributed by atoms with van der Waals surface area (Å²) in [4.78, 5) is 59.8. The van der Waals surface area contributed by atoms with Gasteiger partial charge in [-0.2, -0.15) is 0 Å². The fourth-order valence-electron chi connectivity index (χ4n) is 2.76. The summed E-state index contributed by atoms with van der Waals surface area (Å²) in [5, 5.41) is 16.3. The van der Waals surface area contributed by atoms with Crippen molar-refractivity contribution in [2.24, 2.45) is 22.9 Å². The average molecular weight is 460 g/mol. The van der Waals surface area contributed by atoms with Crippen LogP contribution in [-0.2, 0) is 24.0 Å². The highest BCUT2D eigenvalue weighted by Crippen LogP contribution is 2.03. The van der Waals surface area contributed by atoms with E-state index in [1.807, 2.05) is 0 Å². The van der Waals surface area contributed by atoms with Crippen molar-refractivity contribution in [3.8, 4) is 0 Å². The average Bonchev–Trinajstić information content (AvgIpc) is 2.71. The third-order valence-electron chi connectivity index (χ3n) is 4.66. The van der Waals surface area contributed by atoms with E-state index in [2.05, 4.69) is 16.0 Å². The second-order valence-corrected chi connectivity index (χ2v) is 7.54. The number of unbranched alkanes of at least 4 members (excludes halogenated alkanes) is 2. The van der Waals surface area contributed by atoms with Crippen molar-refractivity contribution in [3.63, 3.8) is 0 Å². The Morgan fingerprint density at radius 2 is 1.31 bits per heavy atom. The Bertz CT molecular complexity index is 646. The first kappa shape index (κ1) is 29.2. The van der Waals surface area contributed by atoms with Crippen LogP contribution in [0.25, 0.3) is 0 Å². The number of nitrogens with two attached hydrogens (primary N) is 4. The second-order valence-electron chi connectivity index (χ2n) is 7.54. The van der Waals surface area contributed by atoms with E-state index < -0.39 is 60.2 Å². The molecule has 184 valence electrons. The first-order valence-corrected chi connectivity index (χ1v) is 10.6. The maximum absolute atomic E-state index is 12.5. The fraction of sp³-hybridized carbons (Fsp3) is 0.737. The molecule has 0 saturated heterocycles. The molecule has 0 aromatic carbocycles. The summed E-state index contributed by atoms with van der Waals surface area (Å²) >= 11 is 0. The van der Waals surface area contributed by atoms with Gasteiger partial charge < -0.3 is 44.0 Å². The molecule has 0 heterocycles. The number of carboxylic acid groups (broad SMARTS) is 1. The van der Waals surface area contributed by atoms with Crippen LogP contribution >= 0.6 is 0 Å². The number of hydrogen-bond acceptors (Lipinski definition) is 8. The minimum Gasteiger partial charge on any atom is -0.480 e. The van der Waals surface area contributed by atoms with Crippen molar-refractivity contribution in [2.75, 3.05) is 13.1 Å². The lowest BCUT2D eigenvalue weighted by molar-refractivity contribution is -0.142. The van der Waals surface area contributed by atoms with E-state index in [-0.39, 0.29) is 6.42 Å². The number of rotatable bonds is 17. The smallest absolute Gasteiger partial charge is 0.326 e. The third-order valence-corrected chi connectivity index (χ3v) is 4.66. The number of amides is 4. The molecule has 32 heavy (non-hydrogen) atoms. The zero-order valence-electron chi connectivity index (χ0n) is 18.5. The number of carboxylic acids is 1. The van der Waals surface area contributed by atoms with Gasteiger partial charge in [-0.1, -0.05) is 6.42 Å². The van der Waals surface area contributed by atoms with Crippen molar-refractivity contribution < 1.29 is 29.1 Å². The molecule has 0 fully saturated rings. The summed E-state index contributed by atoms with van der Waals surface area (Å²) in [6.07, 6.45) is 2.38. The molecule has 0 bridgehead atoms. The van der Waals surface area contributed by atoms with Gasteiger partial charge in [0.25, 0.3) is 0 Å². The van der Waals surface area contributed by atoms with Crippen LogP contribution in [0.2, 0.25) is 0 Å². The normalized spacial score (nSPS) is 14.5. The lowest BCUT2D eigenvalue weighted by Gasteiger charge is -2.23. The number of carbonyl (C=O) groups is 5. The Kier molecular flexibility index (Phi) is 14.6. The van der Waals surface area contributed by atoms with Crippen molar-refractivity contribution in [1.29, 1.82) is 0 Å².